The molecule has 28 heavy (non-hydrogen) atoms. The van der Waals surface area contributed by atoms with E-state index in [1.54, 1.807) is 6.92 Å². The summed E-state index contributed by atoms with van der Waals surface area (Å²) in [4.78, 5) is 0. The van der Waals surface area contributed by atoms with E-state index in [-0.39, 0.29) is 62.3 Å². The molecule has 1 heterocycles. The fourth-order valence-electron chi connectivity index (χ4n) is 2.87. The molecule has 1 aromatic rings. The number of benzene rings is 1. The van der Waals surface area contributed by atoms with Gasteiger partial charge in [0.25, 0.3) is 0 Å². The fourth-order valence-corrected chi connectivity index (χ4v) is 2.87. The number of ether oxygens (including phenoxy) is 1. The van der Waals surface area contributed by atoms with Crippen molar-refractivity contribution < 1.29 is 80.2 Å². The molecule has 0 spiro atoms. The minimum absolute atomic E-state index is 0. The summed E-state index contributed by atoms with van der Waals surface area (Å²) in [6, 6.07) is 1.46. The van der Waals surface area contributed by atoms with Crippen molar-refractivity contribution in [3.63, 3.8) is 0 Å². The van der Waals surface area contributed by atoms with Gasteiger partial charge in [-0.25, -0.2) is 0 Å². The van der Waals surface area contributed by atoms with Gasteiger partial charge in [-0.15, -0.1) is 0 Å². The van der Waals surface area contributed by atoms with Gasteiger partial charge >= 0.3 is 12.4 Å². The number of alkyl halides is 6. The predicted octanol–water partition coefficient (Wildman–Crippen LogP) is 4.69. The number of halogens is 6. The van der Waals surface area contributed by atoms with Gasteiger partial charge in [-0.1, -0.05) is 0 Å². The first kappa shape index (κ1) is 26.2. The van der Waals surface area contributed by atoms with Gasteiger partial charge in [0.05, 0.1) is 29.4 Å². The maximum Gasteiger partial charge on any atom is 0.416 e. The van der Waals surface area contributed by atoms with E-state index in [1.165, 1.54) is 6.92 Å². The molecule has 1 aromatic carbocycles. The van der Waals surface area contributed by atoms with Crippen molar-refractivity contribution in [3.8, 4) is 0 Å². The maximum atomic E-state index is 13.0. The smallest absolute Gasteiger partial charge is 0.389 e. The van der Waals surface area contributed by atoms with Crippen LogP contribution in [-0.2, 0) is 17.1 Å². The van der Waals surface area contributed by atoms with E-state index in [2.05, 4.69) is 5.32 Å². The quantitative estimate of drug-likeness (QED) is 0.477. The minimum Gasteiger partial charge on any atom is -0.389 e. The van der Waals surface area contributed by atoms with Crippen LogP contribution in [0.25, 0.3) is 0 Å². The molecule has 2 rings (SSSR count). The van der Waals surface area contributed by atoms with Crippen molar-refractivity contribution in [3.05, 3.63) is 34.9 Å². The topological polar surface area (TPSA) is 41.5 Å². The summed E-state index contributed by atoms with van der Waals surface area (Å²) >= 11 is 0. The van der Waals surface area contributed by atoms with Crippen LogP contribution in [0, 0.1) is 44.1 Å². The molecule has 10 heteroatoms. The third-order valence-electron chi connectivity index (χ3n) is 4.84. The molecular weight excluding hydrogens is 603 g/mol. The molecule has 0 amide bonds. The Labute approximate surface area is 195 Å². The van der Waals surface area contributed by atoms with Crippen LogP contribution in [0.1, 0.15) is 56.4 Å². The summed E-state index contributed by atoms with van der Waals surface area (Å²) in [5.41, 5.74) is -4.29. The normalized spacial score (nSPS) is 27.2. The Morgan fingerprint density at radius 1 is 1.04 bits per heavy atom. The van der Waals surface area contributed by atoms with Crippen LogP contribution >= 0.6 is 0 Å². The molecule has 1 unspecified atom stereocenters. The van der Waals surface area contributed by atoms with Crippen molar-refractivity contribution in [2.24, 2.45) is 0 Å². The van der Waals surface area contributed by atoms with Crippen LogP contribution in [0.3, 0.4) is 0 Å². The van der Waals surface area contributed by atoms with Crippen LogP contribution < -0.4 is 5.32 Å². The van der Waals surface area contributed by atoms with E-state index in [1.807, 2.05) is 6.92 Å². The van der Waals surface area contributed by atoms with Crippen molar-refractivity contribution in [1.29, 1.82) is 0 Å². The first-order valence-electron chi connectivity index (χ1n) is 8.50. The number of piperidine rings is 1. The van der Waals surface area contributed by atoms with E-state index in [4.69, 9.17) is 4.74 Å². The largest absolute Gasteiger partial charge is 0.416 e. The molecule has 3 nitrogen and oxygen atoms in total. The minimum atomic E-state index is -4.89. The average Bonchev–Trinajstić information content (AvgIpc) is 2.54. The van der Waals surface area contributed by atoms with Gasteiger partial charge in [0.1, 0.15) is 0 Å². The van der Waals surface area contributed by atoms with Crippen molar-refractivity contribution in [2.75, 3.05) is 13.2 Å². The van der Waals surface area contributed by atoms with E-state index in [9.17, 15) is 31.4 Å². The average molecular weight is 626 g/mol. The second-order valence-electron chi connectivity index (χ2n) is 7.70. The van der Waals surface area contributed by atoms with Gasteiger partial charge in [0.15, 0.2) is 0 Å². The van der Waals surface area contributed by atoms with E-state index in [0.29, 0.717) is 31.5 Å². The van der Waals surface area contributed by atoms with Gasteiger partial charge in [0.2, 0.25) is 0 Å². The van der Waals surface area contributed by atoms with Gasteiger partial charge in [-0.05, 0) is 57.4 Å². The summed E-state index contributed by atoms with van der Waals surface area (Å²) < 4.78 is 83.4. The summed E-state index contributed by atoms with van der Waals surface area (Å²) in [7, 11) is 0. The molecular formula is C18H23AcF6NO2. The molecule has 0 aromatic heterocycles. The first-order valence-corrected chi connectivity index (χ1v) is 8.50. The molecule has 1 fully saturated rings. The molecule has 2 N–H and O–H groups in total. The Bertz CT molecular complexity index is 633. The molecule has 1 radical (unpaired) electrons. The van der Waals surface area contributed by atoms with E-state index in [0.717, 1.165) is 0 Å². The number of rotatable bonds is 4. The van der Waals surface area contributed by atoms with Crippen LogP contribution in [0.15, 0.2) is 18.2 Å². The van der Waals surface area contributed by atoms with Gasteiger partial charge in [-0.2, -0.15) is 26.3 Å². The molecule has 3 atom stereocenters. The number of aliphatic hydroxyl groups is 1. The van der Waals surface area contributed by atoms with Crippen LogP contribution in [0.2, 0.25) is 0 Å². The fraction of sp³-hybridized carbons (Fsp3) is 0.667. The molecule has 157 valence electrons. The molecule has 0 saturated carbocycles. The molecule has 0 bridgehead atoms. The zero-order chi connectivity index (χ0) is 20.7. The van der Waals surface area contributed by atoms with Crippen molar-refractivity contribution in [2.45, 2.75) is 63.2 Å². The third-order valence-corrected chi connectivity index (χ3v) is 4.84. The molecule has 1 aliphatic rings. The Morgan fingerprint density at radius 3 is 1.93 bits per heavy atom. The van der Waals surface area contributed by atoms with Gasteiger partial charge < -0.3 is 15.2 Å². The summed E-state index contributed by atoms with van der Waals surface area (Å²) in [6.45, 7) is 5.34. The monoisotopic (exact) mass is 626 g/mol. The second-order valence-corrected chi connectivity index (χ2v) is 7.70. The maximum absolute atomic E-state index is 13.0. The Balaban J connectivity index is 0.00000392. The van der Waals surface area contributed by atoms with Gasteiger partial charge in [0, 0.05) is 56.1 Å². The number of hydrogen-bond acceptors (Lipinski definition) is 3. The number of hydrogen-bond donors (Lipinski definition) is 2. The summed E-state index contributed by atoms with van der Waals surface area (Å²) in [5.74, 6) is 0. The number of β-amino-alcohol motifs (C(OH)–C–C–N with tert-alkyl or cyclic N) is 1. The molecule has 0 aliphatic carbocycles. The molecule has 1 aliphatic heterocycles. The summed E-state index contributed by atoms with van der Waals surface area (Å²) in [6.07, 6.45) is -9.68. The van der Waals surface area contributed by atoms with Crippen LogP contribution in [0.5, 0.6) is 0 Å². The summed E-state index contributed by atoms with van der Waals surface area (Å²) in [5, 5.41) is 13.1. The zero-order valence-electron chi connectivity index (χ0n) is 15.8. The van der Waals surface area contributed by atoms with Crippen LogP contribution in [0.4, 0.5) is 26.3 Å². The van der Waals surface area contributed by atoms with E-state index >= 15 is 0 Å². The Kier molecular flexibility index (Phi) is 8.49. The van der Waals surface area contributed by atoms with Crippen LogP contribution in [-0.4, -0.2) is 29.4 Å². The number of nitrogens with one attached hydrogen (secondary N) is 1. The Hall–Kier alpha value is 0.122. The SMILES string of the molecule is C[C@@H](OC[C@@]1(C)CCC(C)(O)CN1)c1cc(C(F)(F)F)cc(C(F)(F)F)c1.[Ac]. The first-order chi connectivity index (χ1) is 12.1. The van der Waals surface area contributed by atoms with Gasteiger partial charge in [-0.3, -0.25) is 0 Å². The molecule has 1 saturated heterocycles. The van der Waals surface area contributed by atoms with Crippen molar-refractivity contribution >= 4 is 0 Å². The second kappa shape index (κ2) is 9.09. The van der Waals surface area contributed by atoms with E-state index < -0.39 is 40.7 Å². The third kappa shape index (κ3) is 7.12. The predicted molar refractivity (Wildman–Crippen MR) is 87.1 cm³/mol. The van der Waals surface area contributed by atoms with Crippen molar-refractivity contribution in [1.82, 2.24) is 5.32 Å². The zero-order valence-corrected chi connectivity index (χ0v) is 20.6. The Morgan fingerprint density at radius 2 is 1.54 bits per heavy atom. The standard InChI is InChI=1S/C18H23F6NO2.Ac/c1-11(27-10-15(2)4-5-16(3,26)9-25-15)12-6-13(17(19,20)21)8-14(7-12)18(22,23)24;/h6-8,11,25-26H,4-5,9-10H2,1-3H3;/t11-,15-,16?;/m1./s1.